The van der Waals surface area contributed by atoms with Gasteiger partial charge in [-0.2, -0.15) is 4.99 Å². The maximum absolute atomic E-state index is 10.3. The number of hydrogen-bond acceptors (Lipinski definition) is 2. The van der Waals surface area contributed by atoms with Gasteiger partial charge in [0.05, 0.1) is 5.54 Å². The molecular weight excluding hydrogens is 222 g/mol. The SMILES string of the molecule is CCC(C)(CCc1ccc(Cl)cc1)N=C=O. The molecule has 0 heterocycles. The van der Waals surface area contributed by atoms with Crippen LogP contribution in [-0.2, 0) is 11.2 Å². The van der Waals surface area contributed by atoms with Crippen molar-refractivity contribution in [3.05, 3.63) is 34.9 Å². The monoisotopic (exact) mass is 237 g/mol. The normalized spacial score (nSPS) is 13.9. The van der Waals surface area contributed by atoms with Crippen LogP contribution >= 0.6 is 11.6 Å². The predicted molar refractivity (Wildman–Crippen MR) is 66.6 cm³/mol. The summed E-state index contributed by atoms with van der Waals surface area (Å²) in [5.41, 5.74) is 0.923. The molecule has 0 aromatic heterocycles. The zero-order valence-electron chi connectivity index (χ0n) is 9.66. The molecule has 0 N–H and O–H groups in total. The molecule has 0 spiro atoms. The number of aryl methyl sites for hydroxylation is 1. The van der Waals surface area contributed by atoms with E-state index in [4.69, 9.17) is 11.6 Å². The lowest BCUT2D eigenvalue weighted by Crippen LogP contribution is -2.21. The quantitative estimate of drug-likeness (QED) is 0.566. The van der Waals surface area contributed by atoms with E-state index in [9.17, 15) is 4.79 Å². The molecule has 2 nitrogen and oxygen atoms in total. The minimum atomic E-state index is -0.290. The van der Waals surface area contributed by atoms with Gasteiger partial charge in [0.2, 0.25) is 6.08 Å². The number of carbonyl (C=O) groups excluding carboxylic acids is 1. The molecule has 0 aliphatic carbocycles. The lowest BCUT2D eigenvalue weighted by atomic mass is 9.91. The Balaban J connectivity index is 2.62. The largest absolute Gasteiger partial charge is 0.235 e. The molecule has 1 rings (SSSR count). The first kappa shape index (κ1) is 13.0. The van der Waals surface area contributed by atoms with Crippen LogP contribution in [0.25, 0.3) is 0 Å². The first-order valence-corrected chi connectivity index (χ1v) is 5.81. The van der Waals surface area contributed by atoms with Crippen LogP contribution < -0.4 is 0 Å². The Morgan fingerprint density at radius 2 is 2.00 bits per heavy atom. The maximum atomic E-state index is 10.3. The van der Waals surface area contributed by atoms with Gasteiger partial charge in [0.1, 0.15) is 0 Å². The Labute approximate surface area is 101 Å². The topological polar surface area (TPSA) is 29.4 Å². The van der Waals surface area contributed by atoms with Crippen molar-refractivity contribution in [2.45, 2.75) is 38.6 Å². The fourth-order valence-electron chi connectivity index (χ4n) is 1.49. The molecule has 0 aliphatic rings. The Kier molecular flexibility index (Phi) is 4.72. The average molecular weight is 238 g/mol. The second-order valence-electron chi connectivity index (χ2n) is 4.18. The first-order valence-electron chi connectivity index (χ1n) is 5.43. The van der Waals surface area contributed by atoms with Crippen molar-refractivity contribution < 1.29 is 4.79 Å². The van der Waals surface area contributed by atoms with Gasteiger partial charge >= 0.3 is 0 Å². The van der Waals surface area contributed by atoms with Crippen molar-refractivity contribution in [3.63, 3.8) is 0 Å². The molecule has 0 radical (unpaired) electrons. The lowest BCUT2D eigenvalue weighted by Gasteiger charge is -2.21. The predicted octanol–water partition coefficient (Wildman–Crippen LogP) is 3.78. The van der Waals surface area contributed by atoms with E-state index in [1.807, 2.05) is 38.1 Å². The van der Waals surface area contributed by atoms with E-state index >= 15 is 0 Å². The fraction of sp³-hybridized carbons (Fsp3) is 0.462. The third kappa shape index (κ3) is 3.80. The molecule has 0 saturated heterocycles. The molecule has 16 heavy (non-hydrogen) atoms. The molecule has 0 saturated carbocycles. The number of halogens is 1. The van der Waals surface area contributed by atoms with Gasteiger partial charge < -0.3 is 0 Å². The number of hydrogen-bond donors (Lipinski definition) is 0. The van der Waals surface area contributed by atoms with Crippen molar-refractivity contribution in [1.82, 2.24) is 0 Å². The smallest absolute Gasteiger partial charge is 0.211 e. The molecule has 0 amide bonds. The van der Waals surface area contributed by atoms with Gasteiger partial charge in [-0.15, -0.1) is 0 Å². The van der Waals surface area contributed by atoms with E-state index in [0.29, 0.717) is 0 Å². The second-order valence-corrected chi connectivity index (χ2v) is 4.62. The molecule has 0 aliphatic heterocycles. The van der Waals surface area contributed by atoms with E-state index < -0.39 is 0 Å². The van der Waals surface area contributed by atoms with E-state index in [1.165, 1.54) is 5.56 Å². The van der Waals surface area contributed by atoms with Crippen LogP contribution in [0.4, 0.5) is 0 Å². The zero-order valence-corrected chi connectivity index (χ0v) is 10.4. The summed E-state index contributed by atoms with van der Waals surface area (Å²) in [6, 6.07) is 7.76. The van der Waals surface area contributed by atoms with Crippen molar-refractivity contribution in [1.29, 1.82) is 0 Å². The van der Waals surface area contributed by atoms with Gasteiger partial charge in [-0.1, -0.05) is 30.7 Å². The highest BCUT2D eigenvalue weighted by molar-refractivity contribution is 6.30. The Morgan fingerprint density at radius 3 is 2.50 bits per heavy atom. The summed E-state index contributed by atoms with van der Waals surface area (Å²) >= 11 is 5.81. The van der Waals surface area contributed by atoms with Crippen LogP contribution in [0.3, 0.4) is 0 Å². The number of rotatable bonds is 5. The highest BCUT2D eigenvalue weighted by Gasteiger charge is 2.20. The van der Waals surface area contributed by atoms with Crippen LogP contribution in [-0.4, -0.2) is 11.6 Å². The van der Waals surface area contributed by atoms with Crippen molar-refractivity contribution in [2.24, 2.45) is 4.99 Å². The molecule has 1 aromatic rings. The summed E-state index contributed by atoms with van der Waals surface area (Å²) in [7, 11) is 0. The number of benzene rings is 1. The van der Waals surface area contributed by atoms with Gasteiger partial charge in [-0.05, 0) is 43.9 Å². The molecule has 0 bridgehead atoms. The van der Waals surface area contributed by atoms with E-state index in [1.54, 1.807) is 6.08 Å². The standard InChI is InChI=1S/C13H16ClNO/c1-3-13(2,15-10-16)9-8-11-4-6-12(14)7-5-11/h4-7H,3,8-9H2,1-2H3. The third-order valence-corrected chi connectivity index (χ3v) is 3.19. The van der Waals surface area contributed by atoms with Gasteiger partial charge in [0, 0.05) is 5.02 Å². The van der Waals surface area contributed by atoms with Crippen molar-refractivity contribution in [2.75, 3.05) is 0 Å². The molecule has 1 unspecified atom stereocenters. The minimum absolute atomic E-state index is 0.290. The number of aliphatic imine (C=N–C) groups is 1. The van der Waals surface area contributed by atoms with Crippen LogP contribution in [0.5, 0.6) is 0 Å². The van der Waals surface area contributed by atoms with Crippen LogP contribution in [0.15, 0.2) is 29.3 Å². The first-order chi connectivity index (χ1) is 7.59. The zero-order chi connectivity index (χ0) is 12.0. The molecular formula is C13H16ClNO. The van der Waals surface area contributed by atoms with Crippen molar-refractivity contribution >= 4 is 17.7 Å². The average Bonchev–Trinajstić information content (AvgIpc) is 2.29. The molecule has 1 atom stereocenters. The molecule has 0 fully saturated rings. The van der Waals surface area contributed by atoms with Gasteiger partial charge in [-0.25, -0.2) is 4.79 Å². The second kappa shape index (κ2) is 5.83. The van der Waals surface area contributed by atoms with Gasteiger partial charge in [0.25, 0.3) is 0 Å². The van der Waals surface area contributed by atoms with E-state index in [2.05, 4.69) is 4.99 Å². The third-order valence-electron chi connectivity index (χ3n) is 2.94. The Bertz CT molecular complexity index is 381. The minimum Gasteiger partial charge on any atom is -0.211 e. The fourth-order valence-corrected chi connectivity index (χ4v) is 1.61. The molecule has 1 aromatic carbocycles. The summed E-state index contributed by atoms with van der Waals surface area (Å²) in [5, 5.41) is 0.743. The highest BCUT2D eigenvalue weighted by atomic mass is 35.5. The molecule has 3 heteroatoms. The summed E-state index contributed by atoms with van der Waals surface area (Å²) < 4.78 is 0. The van der Waals surface area contributed by atoms with Crippen molar-refractivity contribution in [3.8, 4) is 0 Å². The van der Waals surface area contributed by atoms with Crippen LogP contribution in [0.2, 0.25) is 5.02 Å². The van der Waals surface area contributed by atoms with Gasteiger partial charge in [-0.3, -0.25) is 0 Å². The summed E-state index contributed by atoms with van der Waals surface area (Å²) in [6.45, 7) is 4.01. The Hall–Kier alpha value is -1.11. The highest BCUT2D eigenvalue weighted by Crippen LogP contribution is 2.22. The maximum Gasteiger partial charge on any atom is 0.235 e. The van der Waals surface area contributed by atoms with E-state index in [0.717, 1.165) is 24.3 Å². The summed E-state index contributed by atoms with van der Waals surface area (Å²) in [5.74, 6) is 0. The molecule has 86 valence electrons. The van der Waals surface area contributed by atoms with Crippen LogP contribution in [0, 0.1) is 0 Å². The lowest BCUT2D eigenvalue weighted by molar-refractivity contribution is 0.417. The number of nitrogens with zero attached hydrogens (tertiary/aromatic N) is 1. The van der Waals surface area contributed by atoms with E-state index in [-0.39, 0.29) is 5.54 Å². The van der Waals surface area contributed by atoms with Crippen LogP contribution in [0.1, 0.15) is 32.3 Å². The summed E-state index contributed by atoms with van der Waals surface area (Å²) in [6.07, 6.45) is 4.24. The number of isocyanates is 1. The Morgan fingerprint density at radius 1 is 1.38 bits per heavy atom. The van der Waals surface area contributed by atoms with Gasteiger partial charge in [0.15, 0.2) is 0 Å². The summed E-state index contributed by atoms with van der Waals surface area (Å²) in [4.78, 5) is 14.2.